The second-order valence-corrected chi connectivity index (χ2v) is 8.33. The summed E-state index contributed by atoms with van der Waals surface area (Å²) in [6.07, 6.45) is 2.56. The van der Waals surface area contributed by atoms with Crippen LogP contribution in [0.3, 0.4) is 0 Å². The second-order valence-electron chi connectivity index (χ2n) is 7.01. The minimum Gasteiger partial charge on any atom is -0.493 e. The van der Waals surface area contributed by atoms with Crippen LogP contribution in [0.25, 0.3) is 0 Å². The molecule has 0 aromatic heterocycles. The van der Waals surface area contributed by atoms with Crippen molar-refractivity contribution in [2.24, 2.45) is 0 Å². The van der Waals surface area contributed by atoms with Crippen molar-refractivity contribution in [3.05, 3.63) is 99.0 Å². The van der Waals surface area contributed by atoms with E-state index in [4.69, 9.17) is 21.1 Å². The third-order valence-electron chi connectivity index (χ3n) is 4.74. The Bertz CT molecular complexity index is 1020. The molecule has 3 aromatic rings. The van der Waals surface area contributed by atoms with Crippen LogP contribution in [-0.4, -0.2) is 7.11 Å². The quantitative estimate of drug-likeness (QED) is 0.321. The number of hydrogen-bond donors (Lipinski definition) is 1. The molecule has 0 saturated heterocycles. The lowest BCUT2D eigenvalue weighted by Crippen LogP contribution is -2.05. The predicted octanol–water partition coefficient (Wildman–Crippen LogP) is 7.34. The molecule has 1 N–H and O–H groups in total. The number of aryl methyl sites for hydroxylation is 1. The van der Waals surface area contributed by atoms with Crippen LogP contribution in [0, 0.1) is 6.92 Å². The van der Waals surface area contributed by atoms with Gasteiger partial charge in [0, 0.05) is 27.3 Å². The number of ether oxygens (including phenoxy) is 2. The summed E-state index contributed by atoms with van der Waals surface area (Å²) in [5, 5.41) is 4.17. The number of nitrogens with one attached hydrogen (secondary N) is 1. The fourth-order valence-corrected chi connectivity index (χ4v) is 3.54. The van der Waals surface area contributed by atoms with Crippen molar-refractivity contribution in [3.8, 4) is 11.5 Å². The van der Waals surface area contributed by atoms with Crippen molar-refractivity contribution in [3.63, 3.8) is 0 Å². The molecule has 3 nitrogen and oxygen atoms in total. The maximum absolute atomic E-state index is 6.23. The van der Waals surface area contributed by atoms with Gasteiger partial charge in [0.05, 0.1) is 7.11 Å². The second kappa shape index (κ2) is 10.6. The van der Waals surface area contributed by atoms with E-state index in [1.165, 1.54) is 0 Å². The van der Waals surface area contributed by atoms with Crippen molar-refractivity contribution >= 4 is 33.2 Å². The van der Waals surface area contributed by atoms with Crippen LogP contribution in [0.2, 0.25) is 5.02 Å². The van der Waals surface area contributed by atoms with Crippen molar-refractivity contribution in [1.82, 2.24) is 0 Å². The lowest BCUT2D eigenvalue weighted by atomic mass is 10.0. The lowest BCUT2D eigenvalue weighted by molar-refractivity contribution is 0.281. The Morgan fingerprint density at radius 2 is 1.83 bits per heavy atom. The minimum atomic E-state index is 0.466. The van der Waals surface area contributed by atoms with Gasteiger partial charge in [0.1, 0.15) is 6.61 Å². The number of benzene rings is 3. The van der Waals surface area contributed by atoms with Gasteiger partial charge in [-0.3, -0.25) is 0 Å². The fourth-order valence-electron chi connectivity index (χ4n) is 3.09. The highest BCUT2D eigenvalue weighted by atomic mass is 79.9. The van der Waals surface area contributed by atoms with E-state index >= 15 is 0 Å². The van der Waals surface area contributed by atoms with Crippen molar-refractivity contribution in [2.75, 3.05) is 12.4 Å². The molecule has 3 aromatic carbocycles. The largest absolute Gasteiger partial charge is 0.493 e. The maximum atomic E-state index is 6.23. The number of halogens is 2. The molecule has 0 radical (unpaired) electrons. The van der Waals surface area contributed by atoms with Crippen LogP contribution in [0.5, 0.6) is 11.5 Å². The van der Waals surface area contributed by atoms with Crippen molar-refractivity contribution < 1.29 is 9.47 Å². The monoisotopic (exact) mass is 485 g/mol. The van der Waals surface area contributed by atoms with E-state index < -0.39 is 0 Å². The normalized spacial score (nSPS) is 10.5. The molecular formula is C25H25BrClNO2. The van der Waals surface area contributed by atoms with E-state index in [0.717, 1.165) is 43.2 Å². The highest BCUT2D eigenvalue weighted by Gasteiger charge is 2.13. The van der Waals surface area contributed by atoms with Gasteiger partial charge in [-0.05, 0) is 66.4 Å². The SMILES string of the molecule is C=CCc1cc(CNc2ccc(C)c(Cl)c2)cc(OC)c1OCc1ccc(Br)cc1. The molecule has 0 unspecified atom stereocenters. The van der Waals surface area contributed by atoms with Gasteiger partial charge in [-0.25, -0.2) is 0 Å². The zero-order chi connectivity index (χ0) is 21.5. The van der Waals surface area contributed by atoms with Gasteiger partial charge in [0.15, 0.2) is 11.5 Å². The Labute approximate surface area is 191 Å². The zero-order valence-corrected chi connectivity index (χ0v) is 19.5. The number of hydrogen-bond acceptors (Lipinski definition) is 3. The molecule has 0 aliphatic carbocycles. The molecule has 0 fully saturated rings. The number of methoxy groups -OCH3 is 1. The molecule has 5 heteroatoms. The molecule has 156 valence electrons. The molecule has 0 amide bonds. The standard InChI is InChI=1S/C25H25BrClNO2/c1-4-5-20-12-19(15-28-22-11-6-17(2)23(27)14-22)13-24(29-3)25(20)30-16-18-7-9-21(26)10-8-18/h4,6-14,28H,1,5,15-16H2,2-3H3. The zero-order valence-electron chi connectivity index (χ0n) is 17.2. The fraction of sp³-hybridized carbons (Fsp3) is 0.200. The minimum absolute atomic E-state index is 0.466. The maximum Gasteiger partial charge on any atom is 0.165 e. The molecular weight excluding hydrogens is 462 g/mol. The van der Waals surface area contributed by atoms with Crippen LogP contribution in [-0.2, 0) is 19.6 Å². The summed E-state index contributed by atoms with van der Waals surface area (Å²) in [7, 11) is 1.66. The van der Waals surface area contributed by atoms with Gasteiger partial charge in [-0.2, -0.15) is 0 Å². The molecule has 0 spiro atoms. The molecule has 3 rings (SSSR count). The summed E-state index contributed by atoms with van der Waals surface area (Å²) in [5.41, 5.74) is 5.26. The van der Waals surface area contributed by atoms with Gasteiger partial charge in [0.2, 0.25) is 0 Å². The van der Waals surface area contributed by atoms with E-state index in [0.29, 0.717) is 25.3 Å². The smallest absolute Gasteiger partial charge is 0.165 e. The average molecular weight is 487 g/mol. The Kier molecular flexibility index (Phi) is 7.83. The van der Waals surface area contributed by atoms with Gasteiger partial charge < -0.3 is 14.8 Å². The molecule has 0 atom stereocenters. The van der Waals surface area contributed by atoms with E-state index in [-0.39, 0.29) is 0 Å². The number of allylic oxidation sites excluding steroid dienone is 1. The van der Waals surface area contributed by atoms with Crippen molar-refractivity contribution in [2.45, 2.75) is 26.5 Å². The summed E-state index contributed by atoms with van der Waals surface area (Å²) < 4.78 is 12.9. The predicted molar refractivity (Wildman–Crippen MR) is 129 cm³/mol. The Hall–Kier alpha value is -2.43. The van der Waals surface area contributed by atoms with Gasteiger partial charge in [0.25, 0.3) is 0 Å². The Morgan fingerprint density at radius 1 is 1.07 bits per heavy atom. The van der Waals surface area contributed by atoms with E-state index in [2.05, 4.69) is 33.9 Å². The number of rotatable bonds is 9. The first-order chi connectivity index (χ1) is 14.5. The lowest BCUT2D eigenvalue weighted by Gasteiger charge is -2.17. The summed E-state index contributed by atoms with van der Waals surface area (Å²) in [5.74, 6) is 1.47. The third-order valence-corrected chi connectivity index (χ3v) is 5.68. The third kappa shape index (κ3) is 5.80. The summed E-state index contributed by atoms with van der Waals surface area (Å²) in [4.78, 5) is 0. The summed E-state index contributed by atoms with van der Waals surface area (Å²) >= 11 is 9.69. The first-order valence-corrected chi connectivity index (χ1v) is 10.8. The molecule has 0 aliphatic heterocycles. The summed E-state index contributed by atoms with van der Waals surface area (Å²) in [6.45, 7) is 6.99. The van der Waals surface area contributed by atoms with Crippen LogP contribution >= 0.6 is 27.5 Å². The molecule has 0 aliphatic rings. The first kappa shape index (κ1) is 22.3. The molecule has 30 heavy (non-hydrogen) atoms. The summed E-state index contributed by atoms with van der Waals surface area (Å²) in [6, 6.07) is 18.2. The van der Waals surface area contributed by atoms with Gasteiger partial charge in [-0.15, -0.1) is 6.58 Å². The van der Waals surface area contributed by atoms with Crippen LogP contribution in [0.4, 0.5) is 5.69 Å². The van der Waals surface area contributed by atoms with Crippen LogP contribution in [0.15, 0.2) is 71.7 Å². The molecule has 0 heterocycles. The first-order valence-electron chi connectivity index (χ1n) is 9.68. The van der Waals surface area contributed by atoms with Gasteiger partial charge in [-0.1, -0.05) is 51.8 Å². The number of anilines is 1. The van der Waals surface area contributed by atoms with Gasteiger partial charge >= 0.3 is 0 Å². The van der Waals surface area contributed by atoms with Crippen LogP contribution in [0.1, 0.15) is 22.3 Å². The van der Waals surface area contributed by atoms with E-state index in [1.54, 1.807) is 7.11 Å². The molecule has 0 bridgehead atoms. The Balaban J connectivity index is 1.79. The highest BCUT2D eigenvalue weighted by Crippen LogP contribution is 2.34. The van der Waals surface area contributed by atoms with Crippen molar-refractivity contribution in [1.29, 1.82) is 0 Å². The molecule has 0 saturated carbocycles. The Morgan fingerprint density at radius 3 is 2.50 bits per heavy atom. The van der Waals surface area contributed by atoms with Crippen LogP contribution < -0.4 is 14.8 Å². The van der Waals surface area contributed by atoms with E-state index in [1.807, 2.05) is 61.5 Å². The topological polar surface area (TPSA) is 30.5 Å². The highest BCUT2D eigenvalue weighted by molar-refractivity contribution is 9.10. The average Bonchev–Trinajstić information content (AvgIpc) is 2.74. The van der Waals surface area contributed by atoms with E-state index in [9.17, 15) is 0 Å².